The van der Waals surface area contributed by atoms with Crippen LogP contribution in [-0.2, 0) is 6.54 Å². The average Bonchev–Trinajstić information content (AvgIpc) is 2.85. The minimum Gasteiger partial charge on any atom is -0.398 e. The van der Waals surface area contributed by atoms with Crippen molar-refractivity contribution in [1.29, 1.82) is 0 Å². The maximum absolute atomic E-state index is 5.80. The number of rotatable bonds is 4. The molecule has 0 spiro atoms. The number of nitrogens with zero attached hydrogens (tertiary/aromatic N) is 1. The van der Waals surface area contributed by atoms with Gasteiger partial charge in [0.1, 0.15) is 5.01 Å². The number of nitrogens with two attached hydrogens (primary N) is 1. The van der Waals surface area contributed by atoms with Gasteiger partial charge in [0.05, 0.1) is 6.04 Å². The Morgan fingerprint density at radius 2 is 2.33 bits per heavy atom. The molecule has 3 N–H and O–H groups in total. The number of hydrogen-bond acceptors (Lipinski definition) is 5. The van der Waals surface area contributed by atoms with E-state index < -0.39 is 0 Å². The minimum absolute atomic E-state index is 0.284. The zero-order valence-corrected chi connectivity index (χ0v) is 10.1. The summed E-state index contributed by atoms with van der Waals surface area (Å²) in [4.78, 5) is 5.46. The van der Waals surface area contributed by atoms with E-state index in [1.165, 1.54) is 4.88 Å². The van der Waals surface area contributed by atoms with Gasteiger partial charge in [-0.15, -0.1) is 22.7 Å². The Kier molecular flexibility index (Phi) is 3.35. The van der Waals surface area contributed by atoms with Gasteiger partial charge >= 0.3 is 0 Å². The lowest BCUT2D eigenvalue weighted by Gasteiger charge is -2.10. The molecule has 5 heteroatoms. The lowest BCUT2D eigenvalue weighted by Crippen LogP contribution is -2.17. The zero-order valence-electron chi connectivity index (χ0n) is 8.43. The predicted octanol–water partition coefficient (Wildman–Crippen LogP) is 2.64. The molecule has 0 aromatic carbocycles. The number of thiophene rings is 1. The van der Waals surface area contributed by atoms with Crippen LogP contribution in [0.3, 0.4) is 0 Å². The Hall–Kier alpha value is -0.910. The van der Waals surface area contributed by atoms with Crippen LogP contribution >= 0.6 is 22.7 Å². The Labute approximate surface area is 97.0 Å². The standard InChI is InChI=1S/C10H13N3S2/c1-7(10-12-3-5-15-10)13-6-9-8(11)2-4-14-9/h2-5,7,13H,6,11H2,1H3. The van der Waals surface area contributed by atoms with Crippen molar-refractivity contribution < 1.29 is 0 Å². The summed E-state index contributed by atoms with van der Waals surface area (Å²) in [6, 6.07) is 2.22. The molecule has 0 aliphatic rings. The highest BCUT2D eigenvalue weighted by atomic mass is 32.1. The van der Waals surface area contributed by atoms with Gasteiger partial charge in [-0.25, -0.2) is 4.98 Å². The van der Waals surface area contributed by atoms with Crippen LogP contribution in [0.1, 0.15) is 22.9 Å². The third kappa shape index (κ3) is 2.56. The van der Waals surface area contributed by atoms with Crippen LogP contribution in [0.25, 0.3) is 0 Å². The number of thiazole rings is 1. The van der Waals surface area contributed by atoms with E-state index in [1.54, 1.807) is 22.7 Å². The van der Waals surface area contributed by atoms with Crippen molar-refractivity contribution in [3.63, 3.8) is 0 Å². The fraction of sp³-hybridized carbons (Fsp3) is 0.300. The first kappa shape index (κ1) is 10.6. The van der Waals surface area contributed by atoms with Gasteiger partial charge in [0.25, 0.3) is 0 Å². The van der Waals surface area contributed by atoms with Gasteiger partial charge in [-0.05, 0) is 18.4 Å². The summed E-state index contributed by atoms with van der Waals surface area (Å²) in [6.07, 6.45) is 1.83. The van der Waals surface area contributed by atoms with Crippen molar-refractivity contribution in [3.05, 3.63) is 32.9 Å². The Morgan fingerprint density at radius 1 is 1.47 bits per heavy atom. The number of anilines is 1. The molecule has 0 fully saturated rings. The van der Waals surface area contributed by atoms with Crippen LogP contribution in [-0.4, -0.2) is 4.98 Å². The third-order valence-corrected chi connectivity index (χ3v) is 4.07. The molecule has 0 saturated heterocycles. The number of hydrogen-bond donors (Lipinski definition) is 2. The zero-order chi connectivity index (χ0) is 10.7. The molecule has 0 aliphatic heterocycles. The van der Waals surface area contributed by atoms with Crippen molar-refractivity contribution in [2.24, 2.45) is 0 Å². The first-order chi connectivity index (χ1) is 7.27. The second kappa shape index (κ2) is 4.74. The molecule has 2 heterocycles. The van der Waals surface area contributed by atoms with Crippen molar-refractivity contribution in [1.82, 2.24) is 10.3 Å². The molecule has 15 heavy (non-hydrogen) atoms. The summed E-state index contributed by atoms with van der Waals surface area (Å²) >= 11 is 3.36. The topological polar surface area (TPSA) is 50.9 Å². The SMILES string of the molecule is CC(NCc1sccc1N)c1nccs1. The summed E-state index contributed by atoms with van der Waals surface area (Å²) in [5, 5.41) is 8.53. The first-order valence-corrected chi connectivity index (χ1v) is 6.48. The monoisotopic (exact) mass is 239 g/mol. The Bertz CT molecular complexity index is 408. The van der Waals surface area contributed by atoms with E-state index in [0.29, 0.717) is 0 Å². The molecular weight excluding hydrogens is 226 g/mol. The van der Waals surface area contributed by atoms with Gasteiger partial charge < -0.3 is 11.1 Å². The minimum atomic E-state index is 0.284. The van der Waals surface area contributed by atoms with E-state index in [-0.39, 0.29) is 6.04 Å². The van der Waals surface area contributed by atoms with E-state index in [4.69, 9.17) is 5.73 Å². The molecule has 1 atom stereocenters. The fourth-order valence-electron chi connectivity index (χ4n) is 1.28. The first-order valence-electron chi connectivity index (χ1n) is 4.72. The van der Waals surface area contributed by atoms with Crippen molar-refractivity contribution in [2.45, 2.75) is 19.5 Å². The molecule has 0 radical (unpaired) electrons. The number of aromatic nitrogens is 1. The highest BCUT2D eigenvalue weighted by Gasteiger charge is 2.08. The smallest absolute Gasteiger partial charge is 0.109 e. The number of nitrogen functional groups attached to an aromatic ring is 1. The molecule has 0 saturated carbocycles. The van der Waals surface area contributed by atoms with Crippen LogP contribution < -0.4 is 11.1 Å². The lowest BCUT2D eigenvalue weighted by molar-refractivity contribution is 0.576. The van der Waals surface area contributed by atoms with E-state index in [2.05, 4.69) is 17.2 Å². The van der Waals surface area contributed by atoms with E-state index in [0.717, 1.165) is 17.2 Å². The quantitative estimate of drug-likeness (QED) is 0.862. The molecule has 2 rings (SSSR count). The Morgan fingerprint density at radius 3 is 2.93 bits per heavy atom. The summed E-state index contributed by atoms with van der Waals surface area (Å²) in [5.41, 5.74) is 6.68. The summed E-state index contributed by atoms with van der Waals surface area (Å²) < 4.78 is 0. The molecule has 0 aliphatic carbocycles. The predicted molar refractivity (Wildman–Crippen MR) is 66.1 cm³/mol. The maximum Gasteiger partial charge on any atom is 0.109 e. The van der Waals surface area contributed by atoms with Gasteiger partial charge in [0, 0.05) is 28.7 Å². The largest absolute Gasteiger partial charge is 0.398 e. The summed E-state index contributed by atoms with van der Waals surface area (Å²) in [5.74, 6) is 0. The highest BCUT2D eigenvalue weighted by molar-refractivity contribution is 7.10. The number of nitrogens with one attached hydrogen (secondary N) is 1. The second-order valence-corrected chi connectivity index (χ2v) is 5.20. The molecule has 0 bridgehead atoms. The molecule has 3 nitrogen and oxygen atoms in total. The van der Waals surface area contributed by atoms with Crippen LogP contribution in [0.15, 0.2) is 23.0 Å². The summed E-state index contributed by atoms with van der Waals surface area (Å²) in [7, 11) is 0. The lowest BCUT2D eigenvalue weighted by atomic mass is 10.3. The van der Waals surface area contributed by atoms with Crippen LogP contribution in [0.2, 0.25) is 0 Å². The fourth-order valence-corrected chi connectivity index (χ4v) is 2.70. The van der Waals surface area contributed by atoms with Crippen LogP contribution in [0, 0.1) is 0 Å². The van der Waals surface area contributed by atoms with Gasteiger partial charge in [-0.1, -0.05) is 0 Å². The van der Waals surface area contributed by atoms with Crippen molar-refractivity contribution in [2.75, 3.05) is 5.73 Å². The van der Waals surface area contributed by atoms with Gasteiger partial charge in [-0.2, -0.15) is 0 Å². The second-order valence-electron chi connectivity index (χ2n) is 3.27. The maximum atomic E-state index is 5.80. The summed E-state index contributed by atoms with van der Waals surface area (Å²) in [6.45, 7) is 2.92. The third-order valence-electron chi connectivity index (χ3n) is 2.17. The van der Waals surface area contributed by atoms with Crippen molar-refractivity contribution in [3.8, 4) is 0 Å². The van der Waals surface area contributed by atoms with E-state index in [9.17, 15) is 0 Å². The molecule has 2 aromatic heterocycles. The van der Waals surface area contributed by atoms with E-state index >= 15 is 0 Å². The molecular formula is C10H13N3S2. The van der Waals surface area contributed by atoms with Gasteiger partial charge in [-0.3, -0.25) is 0 Å². The molecule has 80 valence electrons. The molecule has 0 amide bonds. The van der Waals surface area contributed by atoms with Gasteiger partial charge in [0.2, 0.25) is 0 Å². The average molecular weight is 239 g/mol. The normalized spacial score (nSPS) is 12.9. The van der Waals surface area contributed by atoms with Crippen LogP contribution in [0.4, 0.5) is 5.69 Å². The molecule has 1 unspecified atom stereocenters. The van der Waals surface area contributed by atoms with E-state index in [1.807, 2.05) is 23.0 Å². The highest BCUT2D eigenvalue weighted by Crippen LogP contribution is 2.20. The molecule has 2 aromatic rings. The Balaban J connectivity index is 1.91. The van der Waals surface area contributed by atoms with Crippen LogP contribution in [0.5, 0.6) is 0 Å². The van der Waals surface area contributed by atoms with Gasteiger partial charge in [0.15, 0.2) is 0 Å². The van der Waals surface area contributed by atoms with Crippen molar-refractivity contribution >= 4 is 28.4 Å².